The topological polar surface area (TPSA) is 72.8 Å². The second-order valence-electron chi connectivity index (χ2n) is 5.92. The van der Waals surface area contributed by atoms with Crippen LogP contribution in [0, 0.1) is 0 Å². The van der Waals surface area contributed by atoms with Gasteiger partial charge in [0.15, 0.2) is 0 Å². The number of para-hydroxylation sites is 1. The third kappa shape index (κ3) is 4.98. The van der Waals surface area contributed by atoms with Crippen LogP contribution in [-0.2, 0) is 6.42 Å². The Hall–Kier alpha value is -3.12. The summed E-state index contributed by atoms with van der Waals surface area (Å²) >= 11 is 3.40. The van der Waals surface area contributed by atoms with Gasteiger partial charge in [-0.05, 0) is 51.8 Å². The highest BCUT2D eigenvalue weighted by molar-refractivity contribution is 9.10. The van der Waals surface area contributed by atoms with Gasteiger partial charge in [-0.2, -0.15) is 0 Å². The average molecular weight is 441 g/mol. The predicted octanol–water partition coefficient (Wildman–Crippen LogP) is 4.99. The smallest absolute Gasteiger partial charge is 0.343 e. The van der Waals surface area contributed by atoms with Crippen LogP contribution >= 0.6 is 15.9 Å². The second kappa shape index (κ2) is 9.19. The Balaban J connectivity index is 1.65. The Morgan fingerprint density at radius 2 is 1.61 bits per heavy atom. The van der Waals surface area contributed by atoms with E-state index < -0.39 is 11.9 Å². The molecule has 0 atom stereocenters. The summed E-state index contributed by atoms with van der Waals surface area (Å²) in [7, 11) is 0. The van der Waals surface area contributed by atoms with Crippen molar-refractivity contribution >= 4 is 27.9 Å². The summed E-state index contributed by atoms with van der Waals surface area (Å²) in [6, 6.07) is 20.8. The summed E-state index contributed by atoms with van der Waals surface area (Å²) in [6.07, 6.45) is 0.767. The lowest BCUT2D eigenvalue weighted by Crippen LogP contribution is -2.11. The molecular weight excluding hydrogens is 424 g/mol. The van der Waals surface area contributed by atoms with Crippen molar-refractivity contribution in [3.63, 3.8) is 0 Å². The zero-order chi connectivity index (χ0) is 19.9. The van der Waals surface area contributed by atoms with E-state index >= 15 is 0 Å². The number of aromatic carboxylic acids is 1. The van der Waals surface area contributed by atoms with Gasteiger partial charge in [0.1, 0.15) is 17.1 Å². The van der Waals surface area contributed by atoms with Crippen LogP contribution in [0.15, 0.2) is 77.3 Å². The van der Waals surface area contributed by atoms with Gasteiger partial charge < -0.3 is 14.6 Å². The van der Waals surface area contributed by atoms with E-state index in [0.29, 0.717) is 16.8 Å². The molecule has 0 aliphatic carbocycles. The first-order valence-corrected chi connectivity index (χ1v) is 9.34. The SMILES string of the molecule is O=C(Oc1ccccc1C(=O)O)c1ccc(OCCc2ccccc2)c(Br)c1. The van der Waals surface area contributed by atoms with Crippen LogP contribution in [-0.4, -0.2) is 23.7 Å². The van der Waals surface area contributed by atoms with Crippen molar-refractivity contribution in [3.8, 4) is 11.5 Å². The van der Waals surface area contributed by atoms with Crippen LogP contribution in [0.1, 0.15) is 26.3 Å². The van der Waals surface area contributed by atoms with Crippen LogP contribution in [0.25, 0.3) is 0 Å². The summed E-state index contributed by atoms with van der Waals surface area (Å²) in [5, 5.41) is 9.18. The number of rotatable bonds is 7. The third-order valence-corrected chi connectivity index (χ3v) is 4.60. The lowest BCUT2D eigenvalue weighted by Gasteiger charge is -2.11. The molecule has 6 heteroatoms. The standard InChI is InChI=1S/C22H17BrO5/c23-18-14-16(22(26)28-19-9-5-4-8-17(19)21(24)25)10-11-20(18)27-13-12-15-6-2-1-3-7-15/h1-11,14H,12-13H2,(H,24,25). The number of carboxylic acids is 1. The lowest BCUT2D eigenvalue weighted by atomic mass is 10.2. The summed E-state index contributed by atoms with van der Waals surface area (Å²) < 4.78 is 11.6. The van der Waals surface area contributed by atoms with Crippen molar-refractivity contribution in [1.82, 2.24) is 0 Å². The fraction of sp³-hybridized carbons (Fsp3) is 0.0909. The lowest BCUT2D eigenvalue weighted by molar-refractivity contribution is 0.0681. The maximum Gasteiger partial charge on any atom is 0.343 e. The van der Waals surface area contributed by atoms with Crippen LogP contribution in [0.2, 0.25) is 0 Å². The largest absolute Gasteiger partial charge is 0.492 e. The molecule has 0 aliphatic heterocycles. The molecule has 0 radical (unpaired) electrons. The number of hydrogen-bond donors (Lipinski definition) is 1. The number of ether oxygens (including phenoxy) is 2. The number of carboxylic acid groups (broad SMARTS) is 1. The highest BCUT2D eigenvalue weighted by Gasteiger charge is 2.16. The molecule has 0 aliphatic rings. The van der Waals surface area contributed by atoms with Gasteiger partial charge in [0, 0.05) is 6.42 Å². The maximum atomic E-state index is 12.4. The molecule has 142 valence electrons. The van der Waals surface area contributed by atoms with Crippen molar-refractivity contribution in [1.29, 1.82) is 0 Å². The number of esters is 1. The van der Waals surface area contributed by atoms with Gasteiger partial charge in [-0.25, -0.2) is 9.59 Å². The molecule has 5 nitrogen and oxygen atoms in total. The second-order valence-corrected chi connectivity index (χ2v) is 6.77. The summed E-state index contributed by atoms with van der Waals surface area (Å²) in [6.45, 7) is 0.498. The Morgan fingerprint density at radius 3 is 2.32 bits per heavy atom. The molecule has 0 aromatic heterocycles. The minimum Gasteiger partial charge on any atom is -0.492 e. The fourth-order valence-electron chi connectivity index (χ4n) is 2.56. The van der Waals surface area contributed by atoms with Crippen LogP contribution in [0.4, 0.5) is 0 Å². The molecule has 0 fully saturated rings. The van der Waals surface area contributed by atoms with E-state index in [9.17, 15) is 14.7 Å². The number of carbonyl (C=O) groups excluding carboxylic acids is 1. The van der Waals surface area contributed by atoms with Crippen molar-refractivity contribution in [2.75, 3.05) is 6.61 Å². The summed E-state index contributed by atoms with van der Waals surface area (Å²) in [5.41, 5.74) is 1.38. The Kier molecular flexibility index (Phi) is 6.45. The maximum absolute atomic E-state index is 12.4. The fourth-order valence-corrected chi connectivity index (χ4v) is 3.05. The van der Waals surface area contributed by atoms with Gasteiger partial charge in [0.05, 0.1) is 16.6 Å². The minimum absolute atomic E-state index is 0.000639. The quantitative estimate of drug-likeness (QED) is 0.413. The molecule has 0 spiro atoms. The molecule has 1 N–H and O–H groups in total. The van der Waals surface area contributed by atoms with E-state index in [1.165, 1.54) is 17.7 Å². The first-order valence-electron chi connectivity index (χ1n) is 8.55. The van der Waals surface area contributed by atoms with E-state index in [4.69, 9.17) is 9.47 Å². The van der Waals surface area contributed by atoms with Gasteiger partial charge in [-0.15, -0.1) is 0 Å². The first-order chi connectivity index (χ1) is 13.5. The normalized spacial score (nSPS) is 10.3. The average Bonchev–Trinajstić information content (AvgIpc) is 2.70. The van der Waals surface area contributed by atoms with Gasteiger partial charge >= 0.3 is 11.9 Å². The molecule has 3 aromatic carbocycles. The zero-order valence-corrected chi connectivity index (χ0v) is 16.4. The van der Waals surface area contributed by atoms with E-state index in [0.717, 1.165) is 6.42 Å². The first kappa shape index (κ1) is 19.6. The number of hydrogen-bond acceptors (Lipinski definition) is 4. The van der Waals surface area contributed by atoms with Crippen LogP contribution in [0.3, 0.4) is 0 Å². The zero-order valence-electron chi connectivity index (χ0n) is 14.8. The molecule has 28 heavy (non-hydrogen) atoms. The van der Waals surface area contributed by atoms with E-state index in [1.807, 2.05) is 30.3 Å². The molecular formula is C22H17BrO5. The molecule has 0 bridgehead atoms. The highest BCUT2D eigenvalue weighted by atomic mass is 79.9. The van der Waals surface area contributed by atoms with Crippen LogP contribution < -0.4 is 9.47 Å². The molecule has 0 saturated heterocycles. The van der Waals surface area contributed by atoms with Crippen LogP contribution in [0.5, 0.6) is 11.5 Å². The summed E-state index contributed by atoms with van der Waals surface area (Å²) in [4.78, 5) is 23.6. The van der Waals surface area contributed by atoms with E-state index in [1.54, 1.807) is 30.3 Å². The highest BCUT2D eigenvalue weighted by Crippen LogP contribution is 2.27. The molecule has 0 saturated carbocycles. The molecule has 0 unspecified atom stereocenters. The Bertz CT molecular complexity index is 985. The molecule has 0 amide bonds. The summed E-state index contributed by atoms with van der Waals surface area (Å²) in [5.74, 6) is -1.20. The van der Waals surface area contributed by atoms with Gasteiger partial charge in [-0.1, -0.05) is 42.5 Å². The van der Waals surface area contributed by atoms with Gasteiger partial charge in [-0.3, -0.25) is 0 Å². The van der Waals surface area contributed by atoms with Crippen molar-refractivity contribution in [2.45, 2.75) is 6.42 Å². The molecule has 3 aromatic rings. The van der Waals surface area contributed by atoms with E-state index in [2.05, 4.69) is 15.9 Å². The number of carbonyl (C=O) groups is 2. The predicted molar refractivity (Wildman–Crippen MR) is 108 cm³/mol. The van der Waals surface area contributed by atoms with Gasteiger partial charge in [0.2, 0.25) is 0 Å². The number of benzene rings is 3. The number of halogens is 1. The van der Waals surface area contributed by atoms with Crippen molar-refractivity contribution in [3.05, 3.63) is 94.0 Å². The molecule has 0 heterocycles. The molecule has 3 rings (SSSR count). The van der Waals surface area contributed by atoms with Gasteiger partial charge in [0.25, 0.3) is 0 Å². The minimum atomic E-state index is -1.16. The van der Waals surface area contributed by atoms with Crippen molar-refractivity contribution in [2.24, 2.45) is 0 Å². The Labute approximate surface area is 170 Å². The monoisotopic (exact) mass is 440 g/mol. The third-order valence-electron chi connectivity index (χ3n) is 3.98. The van der Waals surface area contributed by atoms with E-state index in [-0.39, 0.29) is 16.9 Å². The van der Waals surface area contributed by atoms with Crippen molar-refractivity contribution < 1.29 is 24.2 Å². The Morgan fingerprint density at radius 1 is 0.893 bits per heavy atom.